The smallest absolute Gasteiger partial charge is 0.329 e. The van der Waals surface area contributed by atoms with Crippen LogP contribution in [0.4, 0.5) is 10.5 Å². The lowest BCUT2D eigenvalue weighted by molar-refractivity contribution is -0.117. The highest BCUT2D eigenvalue weighted by atomic mass is 16.5. The molecule has 130 valence electrons. The second-order valence-corrected chi connectivity index (χ2v) is 5.79. The maximum atomic E-state index is 12.2. The number of benzene rings is 1. The van der Waals surface area contributed by atoms with Gasteiger partial charge in [0.05, 0.1) is 26.4 Å². The average Bonchev–Trinajstić information content (AvgIpc) is 2.96. The van der Waals surface area contributed by atoms with Crippen LogP contribution in [0, 0.1) is 0 Å². The van der Waals surface area contributed by atoms with Gasteiger partial charge in [-0.3, -0.25) is 10.2 Å². The zero-order valence-corrected chi connectivity index (χ0v) is 13.7. The molecule has 2 aliphatic heterocycles. The van der Waals surface area contributed by atoms with Crippen molar-refractivity contribution in [2.45, 2.75) is 12.5 Å². The zero-order valence-electron chi connectivity index (χ0n) is 13.7. The average molecular weight is 334 g/mol. The van der Waals surface area contributed by atoms with Gasteiger partial charge in [-0.2, -0.15) is 0 Å². The number of hydrogen-bond acceptors (Lipinski definition) is 5. The molecule has 0 bridgehead atoms. The van der Waals surface area contributed by atoms with Gasteiger partial charge in [0.15, 0.2) is 0 Å². The van der Waals surface area contributed by atoms with Crippen molar-refractivity contribution in [2.75, 3.05) is 44.9 Å². The van der Waals surface area contributed by atoms with Gasteiger partial charge in [0.25, 0.3) is 0 Å². The van der Waals surface area contributed by atoms with Gasteiger partial charge in [-0.15, -0.1) is 0 Å². The van der Waals surface area contributed by atoms with Gasteiger partial charge in [-0.05, 0) is 24.3 Å². The van der Waals surface area contributed by atoms with E-state index < -0.39 is 0 Å². The van der Waals surface area contributed by atoms with E-state index in [1.54, 1.807) is 12.0 Å². The molecule has 1 atom stereocenters. The molecule has 3 rings (SSSR count). The summed E-state index contributed by atoms with van der Waals surface area (Å²) in [5.41, 5.74) is 3.59. The Morgan fingerprint density at radius 2 is 1.96 bits per heavy atom. The van der Waals surface area contributed by atoms with Gasteiger partial charge in [0.2, 0.25) is 5.91 Å². The molecule has 2 fully saturated rings. The van der Waals surface area contributed by atoms with Gasteiger partial charge < -0.3 is 19.7 Å². The molecule has 0 saturated carbocycles. The molecular formula is C16H22N4O4. The number of carbonyl (C=O) groups excluding carboxylic acids is 2. The number of rotatable bonds is 4. The minimum absolute atomic E-state index is 0.00293. The molecular weight excluding hydrogens is 312 g/mol. The Bertz CT molecular complexity index is 586. The number of morpholine rings is 1. The first-order valence-electron chi connectivity index (χ1n) is 8.00. The fraction of sp³-hybridized carbons (Fsp3) is 0.500. The van der Waals surface area contributed by atoms with Crippen molar-refractivity contribution >= 4 is 17.6 Å². The van der Waals surface area contributed by atoms with Crippen molar-refractivity contribution < 1.29 is 19.1 Å². The van der Waals surface area contributed by atoms with Crippen molar-refractivity contribution in [1.29, 1.82) is 0 Å². The maximum Gasteiger partial charge on any atom is 0.329 e. The molecule has 0 aromatic heterocycles. The number of amides is 3. The number of ether oxygens (including phenoxy) is 2. The monoisotopic (exact) mass is 334 g/mol. The van der Waals surface area contributed by atoms with Crippen LogP contribution in [0.15, 0.2) is 24.3 Å². The van der Waals surface area contributed by atoms with Crippen molar-refractivity contribution in [3.8, 4) is 5.75 Å². The standard InChI is InChI=1S/C16H22N4O4/c1-23-14-4-2-13(3-5-14)20-11-12(10-15(20)21)17-16(22)18-19-6-8-24-9-7-19/h2-5,12H,6-11H2,1H3,(H2,17,18,22). The van der Waals surface area contributed by atoms with E-state index >= 15 is 0 Å². The van der Waals surface area contributed by atoms with Crippen molar-refractivity contribution in [1.82, 2.24) is 15.8 Å². The van der Waals surface area contributed by atoms with Crippen LogP contribution in [0.2, 0.25) is 0 Å². The molecule has 1 aromatic carbocycles. The topological polar surface area (TPSA) is 83.1 Å². The minimum Gasteiger partial charge on any atom is -0.497 e. The van der Waals surface area contributed by atoms with E-state index in [-0.39, 0.29) is 18.0 Å². The summed E-state index contributed by atoms with van der Waals surface area (Å²) in [5.74, 6) is 0.738. The summed E-state index contributed by atoms with van der Waals surface area (Å²) in [6.07, 6.45) is 0.294. The normalized spacial score (nSPS) is 21.6. The molecule has 3 amide bonds. The lowest BCUT2D eigenvalue weighted by Gasteiger charge is -2.27. The van der Waals surface area contributed by atoms with Crippen LogP contribution in [-0.4, -0.2) is 62.9 Å². The number of methoxy groups -OCH3 is 1. The number of urea groups is 1. The highest BCUT2D eigenvalue weighted by Gasteiger charge is 2.31. The first-order chi connectivity index (χ1) is 11.7. The second-order valence-electron chi connectivity index (χ2n) is 5.79. The summed E-state index contributed by atoms with van der Waals surface area (Å²) >= 11 is 0. The molecule has 8 nitrogen and oxygen atoms in total. The number of hydrazine groups is 1. The summed E-state index contributed by atoms with van der Waals surface area (Å²) in [6.45, 7) is 2.99. The fourth-order valence-electron chi connectivity index (χ4n) is 2.85. The third-order valence-corrected chi connectivity index (χ3v) is 4.12. The van der Waals surface area contributed by atoms with Gasteiger partial charge in [0.1, 0.15) is 5.75 Å². The Labute approximate surface area is 140 Å². The molecule has 2 heterocycles. The van der Waals surface area contributed by atoms with E-state index in [0.29, 0.717) is 39.3 Å². The fourth-order valence-corrected chi connectivity index (χ4v) is 2.85. The van der Waals surface area contributed by atoms with Gasteiger partial charge in [-0.1, -0.05) is 0 Å². The van der Waals surface area contributed by atoms with Crippen LogP contribution in [0.3, 0.4) is 0 Å². The lowest BCUT2D eigenvalue weighted by Crippen LogP contribution is -2.53. The summed E-state index contributed by atoms with van der Waals surface area (Å²) < 4.78 is 10.4. The van der Waals surface area contributed by atoms with E-state index in [0.717, 1.165) is 11.4 Å². The Hall–Kier alpha value is -2.32. The molecule has 2 saturated heterocycles. The second kappa shape index (κ2) is 7.50. The van der Waals surface area contributed by atoms with Crippen LogP contribution in [0.1, 0.15) is 6.42 Å². The van der Waals surface area contributed by atoms with Gasteiger partial charge in [0, 0.05) is 31.7 Å². The van der Waals surface area contributed by atoms with Gasteiger partial charge in [-0.25, -0.2) is 9.80 Å². The summed E-state index contributed by atoms with van der Waals surface area (Å²) in [4.78, 5) is 25.9. The molecule has 0 spiro atoms. The number of nitrogens with zero attached hydrogens (tertiary/aromatic N) is 2. The Morgan fingerprint density at radius 1 is 1.25 bits per heavy atom. The first kappa shape index (κ1) is 16.5. The third kappa shape index (κ3) is 3.95. The predicted molar refractivity (Wildman–Crippen MR) is 87.8 cm³/mol. The summed E-state index contributed by atoms with van der Waals surface area (Å²) in [7, 11) is 1.60. The van der Waals surface area contributed by atoms with Crippen LogP contribution >= 0.6 is 0 Å². The van der Waals surface area contributed by atoms with Crippen LogP contribution in [0.5, 0.6) is 5.75 Å². The molecule has 1 unspecified atom stereocenters. The summed E-state index contributed by atoms with van der Waals surface area (Å²) in [6, 6.07) is 6.81. The third-order valence-electron chi connectivity index (χ3n) is 4.12. The van der Waals surface area contributed by atoms with Crippen LogP contribution in [-0.2, 0) is 9.53 Å². The van der Waals surface area contributed by atoms with Gasteiger partial charge >= 0.3 is 6.03 Å². The number of carbonyl (C=O) groups is 2. The summed E-state index contributed by atoms with van der Waals surface area (Å²) in [5, 5.41) is 4.68. The van der Waals surface area contributed by atoms with Crippen molar-refractivity contribution in [2.24, 2.45) is 0 Å². The quantitative estimate of drug-likeness (QED) is 0.830. The van der Waals surface area contributed by atoms with E-state index in [9.17, 15) is 9.59 Å². The van der Waals surface area contributed by atoms with E-state index in [1.165, 1.54) is 0 Å². The molecule has 24 heavy (non-hydrogen) atoms. The molecule has 1 aromatic rings. The van der Waals surface area contributed by atoms with Crippen molar-refractivity contribution in [3.63, 3.8) is 0 Å². The molecule has 2 N–H and O–H groups in total. The number of anilines is 1. The van der Waals surface area contributed by atoms with Crippen molar-refractivity contribution in [3.05, 3.63) is 24.3 Å². The Kier molecular flexibility index (Phi) is 5.17. The SMILES string of the molecule is COc1ccc(N2CC(NC(=O)NN3CCOCC3)CC2=O)cc1. The number of nitrogens with one attached hydrogen (secondary N) is 2. The Morgan fingerprint density at radius 3 is 2.62 bits per heavy atom. The molecule has 2 aliphatic rings. The minimum atomic E-state index is -0.286. The molecule has 8 heteroatoms. The van der Waals surface area contributed by atoms with E-state index in [1.807, 2.05) is 29.3 Å². The highest BCUT2D eigenvalue weighted by molar-refractivity contribution is 5.96. The van der Waals surface area contributed by atoms with E-state index in [4.69, 9.17) is 9.47 Å². The first-order valence-corrected chi connectivity index (χ1v) is 8.00. The largest absolute Gasteiger partial charge is 0.497 e. The highest BCUT2D eigenvalue weighted by Crippen LogP contribution is 2.24. The molecule has 0 radical (unpaired) electrons. The van der Waals surface area contributed by atoms with E-state index in [2.05, 4.69) is 10.7 Å². The zero-order chi connectivity index (χ0) is 16.9. The van der Waals surface area contributed by atoms with Crippen LogP contribution < -0.4 is 20.4 Å². The predicted octanol–water partition coefficient (Wildman–Crippen LogP) is 0.347. The number of hydrogen-bond donors (Lipinski definition) is 2. The Balaban J connectivity index is 1.52. The van der Waals surface area contributed by atoms with Crippen LogP contribution in [0.25, 0.3) is 0 Å². The maximum absolute atomic E-state index is 12.2. The molecule has 0 aliphatic carbocycles. The lowest BCUT2D eigenvalue weighted by atomic mass is 10.2.